The minimum absolute atomic E-state index is 0.403. The van der Waals surface area contributed by atoms with Gasteiger partial charge in [-0.25, -0.2) is 0 Å². The van der Waals surface area contributed by atoms with Gasteiger partial charge in [-0.1, -0.05) is 48.5 Å². The average molecular weight is 247 g/mol. The highest BCUT2D eigenvalue weighted by Crippen LogP contribution is 2.35. The Kier molecular flexibility index (Phi) is 2.51. The van der Waals surface area contributed by atoms with Crippen molar-refractivity contribution in [2.45, 2.75) is 31.7 Å². The molecule has 0 radical (unpaired) electrons. The van der Waals surface area contributed by atoms with Crippen molar-refractivity contribution in [1.29, 1.82) is 0 Å². The molecule has 2 aliphatic rings. The van der Waals surface area contributed by atoms with Crippen molar-refractivity contribution >= 4 is 5.71 Å². The molecule has 1 heteroatoms. The highest BCUT2D eigenvalue weighted by atomic mass is 14.8. The van der Waals surface area contributed by atoms with Gasteiger partial charge in [0, 0.05) is 18.6 Å². The summed E-state index contributed by atoms with van der Waals surface area (Å²) in [6.07, 6.45) is 4.47. The average Bonchev–Trinajstić information content (AvgIpc) is 3.03. The van der Waals surface area contributed by atoms with E-state index < -0.39 is 0 Å². The molecule has 94 valence electrons. The minimum Gasteiger partial charge on any atom is -0.285 e. The first kappa shape index (κ1) is 11.0. The number of nitrogens with zero attached hydrogens (tertiary/aromatic N) is 1. The summed E-state index contributed by atoms with van der Waals surface area (Å²) in [5, 5.41) is 0. The number of aryl methyl sites for hydroxylation is 1. The van der Waals surface area contributed by atoms with E-state index in [0.717, 1.165) is 12.8 Å². The van der Waals surface area contributed by atoms with Crippen LogP contribution in [0.3, 0.4) is 0 Å². The molecular formula is C18H17N. The molecular weight excluding hydrogens is 230 g/mol. The molecule has 0 aromatic heterocycles. The van der Waals surface area contributed by atoms with E-state index in [-0.39, 0.29) is 0 Å². The van der Waals surface area contributed by atoms with E-state index in [9.17, 15) is 0 Å². The molecule has 0 spiro atoms. The molecule has 2 aromatic rings. The molecule has 0 fully saturated rings. The van der Waals surface area contributed by atoms with Gasteiger partial charge in [0.2, 0.25) is 0 Å². The van der Waals surface area contributed by atoms with Crippen molar-refractivity contribution < 1.29 is 0 Å². The largest absolute Gasteiger partial charge is 0.285 e. The Morgan fingerprint density at radius 1 is 0.789 bits per heavy atom. The third-order valence-electron chi connectivity index (χ3n) is 4.35. The molecule has 2 aromatic carbocycles. The third-order valence-corrected chi connectivity index (χ3v) is 4.35. The number of hydrogen-bond acceptors (Lipinski definition) is 1. The molecule has 1 atom stereocenters. The van der Waals surface area contributed by atoms with E-state index in [1.165, 1.54) is 40.8 Å². The molecule has 0 unspecified atom stereocenters. The van der Waals surface area contributed by atoms with Crippen LogP contribution < -0.4 is 0 Å². The van der Waals surface area contributed by atoms with Crippen LogP contribution in [0.15, 0.2) is 53.5 Å². The van der Waals surface area contributed by atoms with Gasteiger partial charge in [0.1, 0.15) is 0 Å². The summed E-state index contributed by atoms with van der Waals surface area (Å²) in [6, 6.07) is 17.9. The zero-order valence-corrected chi connectivity index (χ0v) is 11.0. The highest BCUT2D eigenvalue weighted by molar-refractivity contribution is 5.93. The quantitative estimate of drug-likeness (QED) is 0.724. The van der Waals surface area contributed by atoms with E-state index in [2.05, 4.69) is 48.5 Å². The first-order valence-electron chi connectivity index (χ1n) is 7.10. The lowest BCUT2D eigenvalue weighted by Crippen LogP contribution is -2.01. The van der Waals surface area contributed by atoms with Gasteiger partial charge in [0.15, 0.2) is 0 Å². The van der Waals surface area contributed by atoms with E-state index in [0.29, 0.717) is 6.04 Å². The van der Waals surface area contributed by atoms with Gasteiger partial charge in [0.25, 0.3) is 0 Å². The summed E-state index contributed by atoms with van der Waals surface area (Å²) in [5.41, 5.74) is 7.24. The van der Waals surface area contributed by atoms with Crippen molar-refractivity contribution in [2.24, 2.45) is 4.99 Å². The Bertz CT molecular complexity index is 627. The SMILES string of the molecule is c1ccc2c(c1)CC(=N[C@H]1CCc3ccccc31)C2. The number of hydrogen-bond donors (Lipinski definition) is 0. The summed E-state index contributed by atoms with van der Waals surface area (Å²) in [4.78, 5) is 5.05. The monoisotopic (exact) mass is 247 g/mol. The smallest absolute Gasteiger partial charge is 0.0754 e. The molecule has 0 N–H and O–H groups in total. The maximum atomic E-state index is 5.05. The molecule has 0 saturated heterocycles. The Morgan fingerprint density at radius 3 is 2.16 bits per heavy atom. The normalized spacial score (nSPS) is 20.2. The zero-order valence-electron chi connectivity index (χ0n) is 11.0. The Labute approximate surface area is 114 Å². The van der Waals surface area contributed by atoms with Gasteiger partial charge in [-0.05, 0) is 35.1 Å². The third kappa shape index (κ3) is 1.90. The molecule has 0 heterocycles. The molecule has 0 amide bonds. The summed E-state index contributed by atoms with van der Waals surface area (Å²) >= 11 is 0. The summed E-state index contributed by atoms with van der Waals surface area (Å²) in [5.74, 6) is 0. The van der Waals surface area contributed by atoms with Crippen LogP contribution in [0.4, 0.5) is 0 Å². The van der Waals surface area contributed by atoms with Gasteiger partial charge in [-0.15, -0.1) is 0 Å². The fourth-order valence-corrected chi connectivity index (χ4v) is 3.39. The predicted octanol–water partition coefficient (Wildman–Crippen LogP) is 3.91. The standard InChI is InChI=1S/C18H17N/c1-2-7-15-12-16(11-14(15)6-1)19-18-10-9-13-5-3-4-8-17(13)18/h1-8,18H,9-12H2/t18-/m0/s1. The van der Waals surface area contributed by atoms with E-state index in [1.807, 2.05) is 0 Å². The van der Waals surface area contributed by atoms with Crippen LogP contribution in [0, 0.1) is 0 Å². The van der Waals surface area contributed by atoms with Crippen LogP contribution in [0.5, 0.6) is 0 Å². The summed E-state index contributed by atoms with van der Waals surface area (Å²) in [7, 11) is 0. The van der Waals surface area contributed by atoms with Crippen LogP contribution >= 0.6 is 0 Å². The van der Waals surface area contributed by atoms with Gasteiger partial charge in [0.05, 0.1) is 6.04 Å². The lowest BCUT2D eigenvalue weighted by Gasteiger charge is -2.07. The zero-order chi connectivity index (χ0) is 12.7. The number of fused-ring (bicyclic) bond motifs is 2. The van der Waals surface area contributed by atoms with Gasteiger partial charge in [-0.3, -0.25) is 4.99 Å². The van der Waals surface area contributed by atoms with Crippen molar-refractivity contribution in [3.8, 4) is 0 Å². The van der Waals surface area contributed by atoms with Crippen LogP contribution in [0.25, 0.3) is 0 Å². The van der Waals surface area contributed by atoms with Crippen molar-refractivity contribution in [3.63, 3.8) is 0 Å². The second-order valence-electron chi connectivity index (χ2n) is 5.57. The van der Waals surface area contributed by atoms with Crippen LogP contribution in [-0.4, -0.2) is 5.71 Å². The molecule has 0 bridgehead atoms. The first-order valence-corrected chi connectivity index (χ1v) is 7.10. The molecule has 0 saturated carbocycles. The number of benzene rings is 2. The second kappa shape index (κ2) is 4.34. The van der Waals surface area contributed by atoms with Gasteiger partial charge >= 0.3 is 0 Å². The summed E-state index contributed by atoms with van der Waals surface area (Å²) < 4.78 is 0. The van der Waals surface area contributed by atoms with Gasteiger partial charge < -0.3 is 0 Å². The summed E-state index contributed by atoms with van der Waals surface area (Å²) in [6.45, 7) is 0. The molecule has 2 aliphatic carbocycles. The molecule has 1 nitrogen and oxygen atoms in total. The number of rotatable bonds is 1. The Hall–Kier alpha value is -1.89. The van der Waals surface area contributed by atoms with Crippen molar-refractivity contribution in [2.75, 3.05) is 0 Å². The first-order chi connectivity index (χ1) is 9.40. The van der Waals surface area contributed by atoms with Crippen LogP contribution in [0.1, 0.15) is 34.7 Å². The maximum absolute atomic E-state index is 5.05. The fraction of sp³-hybridized carbons (Fsp3) is 0.278. The minimum atomic E-state index is 0.403. The van der Waals surface area contributed by atoms with Crippen molar-refractivity contribution in [3.05, 3.63) is 70.8 Å². The molecule has 4 rings (SSSR count). The lowest BCUT2D eigenvalue weighted by molar-refractivity contribution is 0.713. The van der Waals surface area contributed by atoms with Crippen LogP contribution in [0.2, 0.25) is 0 Å². The van der Waals surface area contributed by atoms with E-state index >= 15 is 0 Å². The predicted molar refractivity (Wildman–Crippen MR) is 78.8 cm³/mol. The topological polar surface area (TPSA) is 12.4 Å². The van der Waals surface area contributed by atoms with E-state index in [1.54, 1.807) is 0 Å². The molecule has 0 aliphatic heterocycles. The lowest BCUT2D eigenvalue weighted by atomic mass is 10.1. The Morgan fingerprint density at radius 2 is 1.42 bits per heavy atom. The second-order valence-corrected chi connectivity index (χ2v) is 5.57. The van der Waals surface area contributed by atoms with E-state index in [4.69, 9.17) is 4.99 Å². The highest BCUT2D eigenvalue weighted by Gasteiger charge is 2.23. The van der Waals surface area contributed by atoms with Gasteiger partial charge in [-0.2, -0.15) is 0 Å². The van der Waals surface area contributed by atoms with Crippen LogP contribution in [-0.2, 0) is 19.3 Å². The molecule has 19 heavy (non-hydrogen) atoms. The van der Waals surface area contributed by atoms with Crippen molar-refractivity contribution in [1.82, 2.24) is 0 Å². The number of aliphatic imine (C=N–C) groups is 1. The Balaban J connectivity index is 1.63. The maximum Gasteiger partial charge on any atom is 0.0754 e. The fourth-order valence-electron chi connectivity index (χ4n) is 3.39.